The zero-order valence-corrected chi connectivity index (χ0v) is 10.2. The van der Waals surface area contributed by atoms with Crippen LogP contribution >= 0.6 is 15.9 Å². The third-order valence-corrected chi connectivity index (χ3v) is 3.60. The van der Waals surface area contributed by atoms with Crippen LogP contribution in [0.5, 0.6) is 0 Å². The van der Waals surface area contributed by atoms with E-state index in [-0.39, 0.29) is 22.6 Å². The molecule has 2 rings (SSSR count). The molecule has 0 unspecified atom stereocenters. The quantitative estimate of drug-likeness (QED) is 0.683. The molecule has 5 heteroatoms. The monoisotopic (exact) mass is 285 g/mol. The van der Waals surface area contributed by atoms with Gasteiger partial charge >= 0.3 is 0 Å². The maximum atomic E-state index is 10.9. The molecule has 0 spiro atoms. The molecular weight excluding hydrogens is 274 g/mol. The SMILES string of the molecule is O=[N+]([O-])c1cc(Br)ccc1CC1(CO)CC1. The molecule has 1 fully saturated rings. The normalized spacial score (nSPS) is 17.1. The lowest BCUT2D eigenvalue weighted by Gasteiger charge is -2.11. The van der Waals surface area contributed by atoms with Crippen molar-refractivity contribution in [3.63, 3.8) is 0 Å². The lowest BCUT2D eigenvalue weighted by atomic mass is 9.96. The predicted molar refractivity (Wildman–Crippen MR) is 63.3 cm³/mol. The minimum atomic E-state index is -0.368. The fourth-order valence-corrected chi connectivity index (χ4v) is 2.18. The third kappa shape index (κ3) is 2.25. The van der Waals surface area contributed by atoms with Gasteiger partial charge in [0.2, 0.25) is 0 Å². The molecule has 0 atom stereocenters. The minimum absolute atomic E-state index is 0.0986. The number of nitro benzene ring substituents is 1. The van der Waals surface area contributed by atoms with Crippen molar-refractivity contribution in [3.8, 4) is 0 Å². The summed E-state index contributed by atoms with van der Waals surface area (Å²) in [7, 11) is 0. The van der Waals surface area contributed by atoms with Crippen LogP contribution < -0.4 is 0 Å². The number of nitrogens with zero attached hydrogens (tertiary/aromatic N) is 1. The molecule has 1 aliphatic carbocycles. The topological polar surface area (TPSA) is 63.4 Å². The van der Waals surface area contributed by atoms with Crippen LogP contribution in [0, 0.1) is 15.5 Å². The highest BCUT2D eigenvalue weighted by Gasteiger charge is 2.43. The summed E-state index contributed by atoms with van der Waals surface area (Å²) in [4.78, 5) is 10.5. The molecule has 0 aromatic heterocycles. The molecule has 0 bridgehead atoms. The molecular formula is C11H12BrNO3. The number of aliphatic hydroxyl groups excluding tert-OH is 1. The molecule has 1 aromatic carbocycles. The van der Waals surface area contributed by atoms with E-state index in [0.29, 0.717) is 16.5 Å². The van der Waals surface area contributed by atoms with Gasteiger partial charge in [0, 0.05) is 22.7 Å². The Kier molecular flexibility index (Phi) is 2.99. The molecule has 0 radical (unpaired) electrons. The van der Waals surface area contributed by atoms with E-state index in [1.807, 2.05) is 0 Å². The van der Waals surface area contributed by atoms with Crippen LogP contribution in [0.2, 0.25) is 0 Å². The Morgan fingerprint density at radius 1 is 1.50 bits per heavy atom. The Balaban J connectivity index is 2.29. The second-order valence-corrected chi connectivity index (χ2v) is 5.28. The lowest BCUT2D eigenvalue weighted by Crippen LogP contribution is -2.11. The van der Waals surface area contributed by atoms with Crippen molar-refractivity contribution in [2.75, 3.05) is 6.61 Å². The summed E-state index contributed by atoms with van der Waals surface area (Å²) >= 11 is 3.22. The van der Waals surface area contributed by atoms with Crippen LogP contribution in [0.25, 0.3) is 0 Å². The number of aliphatic hydroxyl groups is 1. The van der Waals surface area contributed by atoms with Gasteiger partial charge in [-0.3, -0.25) is 10.1 Å². The molecule has 1 N–H and O–H groups in total. The van der Waals surface area contributed by atoms with Crippen molar-refractivity contribution in [2.24, 2.45) is 5.41 Å². The first-order chi connectivity index (χ1) is 7.56. The second kappa shape index (κ2) is 4.14. The summed E-state index contributed by atoms with van der Waals surface area (Å²) in [6.45, 7) is 0.111. The summed E-state index contributed by atoms with van der Waals surface area (Å²) < 4.78 is 0.705. The van der Waals surface area contributed by atoms with Crippen LogP contribution in [-0.2, 0) is 6.42 Å². The van der Waals surface area contributed by atoms with Crippen molar-refractivity contribution in [1.29, 1.82) is 0 Å². The van der Waals surface area contributed by atoms with Crippen LogP contribution in [0.1, 0.15) is 18.4 Å². The van der Waals surface area contributed by atoms with Crippen molar-refractivity contribution >= 4 is 21.6 Å². The molecule has 0 heterocycles. The average Bonchev–Trinajstić information content (AvgIpc) is 3.01. The molecule has 0 aliphatic heterocycles. The third-order valence-electron chi connectivity index (χ3n) is 3.10. The van der Waals surface area contributed by atoms with E-state index in [1.54, 1.807) is 12.1 Å². The number of halogens is 1. The Labute approximate surface area is 102 Å². The predicted octanol–water partition coefficient (Wildman–Crippen LogP) is 2.67. The summed E-state index contributed by atoms with van der Waals surface area (Å²) in [5, 5.41) is 20.1. The van der Waals surface area contributed by atoms with Gasteiger partial charge in [0.25, 0.3) is 5.69 Å². The fraction of sp³-hybridized carbons (Fsp3) is 0.455. The minimum Gasteiger partial charge on any atom is -0.396 e. The summed E-state index contributed by atoms with van der Waals surface area (Å²) in [5.41, 5.74) is 0.743. The molecule has 1 aromatic rings. The zero-order chi connectivity index (χ0) is 11.8. The van der Waals surface area contributed by atoms with Crippen LogP contribution in [0.3, 0.4) is 0 Å². The van der Waals surface area contributed by atoms with E-state index >= 15 is 0 Å². The highest BCUT2D eigenvalue weighted by molar-refractivity contribution is 9.10. The van der Waals surface area contributed by atoms with E-state index in [1.165, 1.54) is 6.07 Å². The van der Waals surface area contributed by atoms with Crippen LogP contribution in [0.15, 0.2) is 22.7 Å². The first kappa shape index (κ1) is 11.5. The summed E-state index contributed by atoms with van der Waals surface area (Å²) in [6, 6.07) is 5.08. The van der Waals surface area contributed by atoms with Gasteiger partial charge in [0.1, 0.15) is 0 Å². The zero-order valence-electron chi connectivity index (χ0n) is 8.65. The highest BCUT2D eigenvalue weighted by Crippen LogP contribution is 2.48. The summed E-state index contributed by atoms with van der Waals surface area (Å²) in [5.74, 6) is 0. The van der Waals surface area contributed by atoms with E-state index in [9.17, 15) is 15.2 Å². The second-order valence-electron chi connectivity index (χ2n) is 4.37. The van der Waals surface area contributed by atoms with Gasteiger partial charge < -0.3 is 5.11 Å². The van der Waals surface area contributed by atoms with Gasteiger partial charge in [0.05, 0.1) is 4.92 Å². The first-order valence-electron chi connectivity index (χ1n) is 5.10. The van der Waals surface area contributed by atoms with Gasteiger partial charge in [-0.1, -0.05) is 22.0 Å². The molecule has 4 nitrogen and oxygen atoms in total. The van der Waals surface area contributed by atoms with Crippen LogP contribution in [0.4, 0.5) is 5.69 Å². The van der Waals surface area contributed by atoms with E-state index in [0.717, 1.165) is 12.8 Å². The van der Waals surface area contributed by atoms with E-state index < -0.39 is 0 Å². The summed E-state index contributed by atoms with van der Waals surface area (Å²) in [6.07, 6.45) is 2.50. The Morgan fingerprint density at radius 2 is 2.19 bits per heavy atom. The molecule has 86 valence electrons. The number of hydrogen-bond acceptors (Lipinski definition) is 3. The highest BCUT2D eigenvalue weighted by atomic mass is 79.9. The average molecular weight is 286 g/mol. The number of rotatable bonds is 4. The molecule has 1 aliphatic rings. The standard InChI is InChI=1S/C11H12BrNO3/c12-9-2-1-8(10(5-9)13(15)16)6-11(7-14)3-4-11/h1-2,5,14H,3-4,6-7H2. The Bertz CT molecular complexity index is 429. The Morgan fingerprint density at radius 3 is 2.69 bits per heavy atom. The van der Waals surface area contributed by atoms with Gasteiger partial charge in [-0.05, 0) is 30.7 Å². The van der Waals surface area contributed by atoms with Crippen molar-refractivity contribution in [2.45, 2.75) is 19.3 Å². The Hall–Kier alpha value is -0.940. The van der Waals surface area contributed by atoms with Crippen molar-refractivity contribution in [3.05, 3.63) is 38.3 Å². The smallest absolute Gasteiger partial charge is 0.273 e. The largest absolute Gasteiger partial charge is 0.396 e. The number of benzene rings is 1. The van der Waals surface area contributed by atoms with E-state index in [4.69, 9.17) is 0 Å². The number of hydrogen-bond donors (Lipinski definition) is 1. The van der Waals surface area contributed by atoms with Crippen molar-refractivity contribution < 1.29 is 10.0 Å². The first-order valence-corrected chi connectivity index (χ1v) is 5.89. The number of nitro groups is 1. The van der Waals surface area contributed by atoms with Crippen molar-refractivity contribution in [1.82, 2.24) is 0 Å². The van der Waals surface area contributed by atoms with Gasteiger partial charge in [-0.2, -0.15) is 0 Å². The van der Waals surface area contributed by atoms with Crippen LogP contribution in [-0.4, -0.2) is 16.6 Å². The van der Waals surface area contributed by atoms with E-state index in [2.05, 4.69) is 15.9 Å². The fourth-order valence-electron chi connectivity index (χ4n) is 1.83. The molecule has 16 heavy (non-hydrogen) atoms. The molecule has 0 amide bonds. The maximum absolute atomic E-state index is 10.9. The lowest BCUT2D eigenvalue weighted by molar-refractivity contribution is -0.385. The maximum Gasteiger partial charge on any atom is 0.273 e. The van der Waals surface area contributed by atoms with Gasteiger partial charge in [0.15, 0.2) is 0 Å². The van der Waals surface area contributed by atoms with Gasteiger partial charge in [-0.15, -0.1) is 0 Å². The van der Waals surface area contributed by atoms with Gasteiger partial charge in [-0.25, -0.2) is 0 Å². The molecule has 0 saturated heterocycles. The molecule has 1 saturated carbocycles.